The molecule has 0 aliphatic carbocycles. The van der Waals surface area contributed by atoms with E-state index in [9.17, 15) is 14.4 Å². The summed E-state index contributed by atoms with van der Waals surface area (Å²) in [7, 11) is 0. The fourth-order valence-electron chi connectivity index (χ4n) is 1.39. The Morgan fingerprint density at radius 3 is 2.21 bits per heavy atom. The average Bonchev–Trinajstić information content (AvgIpc) is 2.36. The lowest BCUT2D eigenvalue weighted by Crippen LogP contribution is -2.16. The summed E-state index contributed by atoms with van der Waals surface area (Å²) in [5.74, 6) is -2.83. The van der Waals surface area contributed by atoms with Gasteiger partial charge in [-0.3, -0.25) is 9.59 Å². The van der Waals surface area contributed by atoms with Crippen LogP contribution in [-0.4, -0.2) is 28.1 Å². The smallest absolute Gasteiger partial charge is 0.335 e. The summed E-state index contributed by atoms with van der Waals surface area (Å²) in [5.41, 5.74) is 0.621. The Labute approximate surface area is 110 Å². The molecule has 1 rings (SSSR count). The molecule has 0 heterocycles. The molecule has 0 saturated heterocycles. The lowest BCUT2D eigenvalue weighted by Gasteiger charge is -2.07. The van der Waals surface area contributed by atoms with Crippen molar-refractivity contribution in [1.82, 2.24) is 0 Å². The number of amides is 1. The van der Waals surface area contributed by atoms with E-state index in [-0.39, 0.29) is 24.3 Å². The summed E-state index contributed by atoms with van der Waals surface area (Å²) in [6, 6.07) is 5.75. The van der Waals surface area contributed by atoms with Gasteiger partial charge in [0, 0.05) is 12.1 Å². The molecule has 0 aliphatic heterocycles. The first-order valence-corrected chi connectivity index (χ1v) is 5.76. The minimum Gasteiger partial charge on any atom is -0.481 e. The maximum atomic E-state index is 11.5. The lowest BCUT2D eigenvalue weighted by atomic mass is 10.1. The van der Waals surface area contributed by atoms with Gasteiger partial charge in [0.25, 0.3) is 0 Å². The van der Waals surface area contributed by atoms with Crippen LogP contribution < -0.4 is 5.32 Å². The molecule has 0 bridgehead atoms. The zero-order chi connectivity index (χ0) is 14.4. The third kappa shape index (κ3) is 4.79. The molecule has 0 unspecified atom stereocenters. The highest BCUT2D eigenvalue weighted by Gasteiger charge is 2.13. The molecule has 1 atom stereocenters. The molecular weight excluding hydrogens is 250 g/mol. The van der Waals surface area contributed by atoms with Crippen LogP contribution >= 0.6 is 0 Å². The minimum atomic E-state index is -1.03. The molecule has 0 fully saturated rings. The van der Waals surface area contributed by atoms with Gasteiger partial charge < -0.3 is 15.5 Å². The molecule has 6 heteroatoms. The number of hydrogen-bond donors (Lipinski definition) is 3. The standard InChI is InChI=1S/C13H15NO5/c1-8(12(16)17)2-7-11(15)14-10-5-3-9(4-6-10)13(18)19/h3-6,8H,2,7H2,1H3,(H,14,15)(H,16,17)(H,18,19)/t8-/m0/s1. The van der Waals surface area contributed by atoms with E-state index in [0.717, 1.165) is 0 Å². The number of carboxylic acid groups (broad SMARTS) is 2. The Bertz CT molecular complexity index is 480. The van der Waals surface area contributed by atoms with Crippen molar-refractivity contribution < 1.29 is 24.6 Å². The molecule has 0 aliphatic rings. The Morgan fingerprint density at radius 1 is 1.16 bits per heavy atom. The predicted molar refractivity (Wildman–Crippen MR) is 68.1 cm³/mol. The molecule has 0 radical (unpaired) electrons. The quantitative estimate of drug-likeness (QED) is 0.727. The first-order valence-electron chi connectivity index (χ1n) is 5.76. The second-order valence-electron chi connectivity index (χ2n) is 4.21. The molecule has 0 aromatic heterocycles. The number of benzene rings is 1. The van der Waals surface area contributed by atoms with Gasteiger partial charge in [0.2, 0.25) is 5.91 Å². The van der Waals surface area contributed by atoms with E-state index in [4.69, 9.17) is 10.2 Å². The monoisotopic (exact) mass is 265 g/mol. The molecule has 6 nitrogen and oxygen atoms in total. The molecular formula is C13H15NO5. The van der Waals surface area contributed by atoms with E-state index in [1.807, 2.05) is 0 Å². The van der Waals surface area contributed by atoms with Crippen LogP contribution in [0.2, 0.25) is 0 Å². The van der Waals surface area contributed by atoms with E-state index >= 15 is 0 Å². The summed E-state index contributed by atoms with van der Waals surface area (Å²) in [5, 5.41) is 20.0. The van der Waals surface area contributed by atoms with Crippen molar-refractivity contribution in [3.05, 3.63) is 29.8 Å². The van der Waals surface area contributed by atoms with Crippen molar-refractivity contribution in [3.8, 4) is 0 Å². The van der Waals surface area contributed by atoms with Crippen molar-refractivity contribution in [3.63, 3.8) is 0 Å². The average molecular weight is 265 g/mol. The maximum Gasteiger partial charge on any atom is 0.335 e. The van der Waals surface area contributed by atoms with Crippen LogP contribution in [0.5, 0.6) is 0 Å². The predicted octanol–water partition coefficient (Wildman–Crippen LogP) is 1.82. The number of hydrogen-bond acceptors (Lipinski definition) is 3. The van der Waals surface area contributed by atoms with Crippen LogP contribution in [0.15, 0.2) is 24.3 Å². The summed E-state index contributed by atoms with van der Waals surface area (Å²) >= 11 is 0. The number of aliphatic carboxylic acids is 1. The van der Waals surface area contributed by atoms with E-state index in [1.165, 1.54) is 31.2 Å². The van der Waals surface area contributed by atoms with Crippen LogP contribution in [0.1, 0.15) is 30.1 Å². The van der Waals surface area contributed by atoms with E-state index < -0.39 is 17.9 Å². The highest BCUT2D eigenvalue weighted by Crippen LogP contribution is 2.11. The van der Waals surface area contributed by atoms with Crippen LogP contribution in [0.4, 0.5) is 5.69 Å². The number of carboxylic acids is 2. The summed E-state index contributed by atoms with van der Waals surface area (Å²) in [6.07, 6.45) is 0.364. The maximum absolute atomic E-state index is 11.5. The molecule has 3 N–H and O–H groups in total. The number of carbonyl (C=O) groups is 3. The number of rotatable bonds is 6. The number of nitrogens with one attached hydrogen (secondary N) is 1. The van der Waals surface area contributed by atoms with Crippen molar-refractivity contribution in [1.29, 1.82) is 0 Å². The first-order chi connectivity index (χ1) is 8.90. The van der Waals surface area contributed by atoms with Gasteiger partial charge >= 0.3 is 11.9 Å². The van der Waals surface area contributed by atoms with Crippen LogP contribution in [0.3, 0.4) is 0 Å². The van der Waals surface area contributed by atoms with Gasteiger partial charge in [-0.2, -0.15) is 0 Å². The van der Waals surface area contributed by atoms with Gasteiger partial charge in [0.1, 0.15) is 0 Å². The van der Waals surface area contributed by atoms with E-state index in [1.54, 1.807) is 0 Å². The molecule has 1 aromatic rings. The van der Waals surface area contributed by atoms with Gasteiger partial charge in [-0.05, 0) is 30.7 Å². The molecule has 0 spiro atoms. The van der Waals surface area contributed by atoms with Gasteiger partial charge in [-0.1, -0.05) is 6.92 Å². The number of aromatic carboxylic acids is 1. The lowest BCUT2D eigenvalue weighted by molar-refractivity contribution is -0.141. The van der Waals surface area contributed by atoms with Gasteiger partial charge in [0.15, 0.2) is 0 Å². The highest BCUT2D eigenvalue weighted by atomic mass is 16.4. The first kappa shape index (κ1) is 14.7. The number of anilines is 1. The molecule has 1 aromatic carbocycles. The molecule has 0 saturated carbocycles. The van der Waals surface area contributed by atoms with Crippen LogP contribution in [-0.2, 0) is 9.59 Å². The fourth-order valence-corrected chi connectivity index (χ4v) is 1.39. The number of carbonyl (C=O) groups excluding carboxylic acids is 1. The zero-order valence-electron chi connectivity index (χ0n) is 10.4. The summed E-state index contributed by atoms with van der Waals surface area (Å²) in [4.78, 5) is 32.8. The zero-order valence-corrected chi connectivity index (χ0v) is 10.4. The fraction of sp³-hybridized carbons (Fsp3) is 0.308. The van der Waals surface area contributed by atoms with Gasteiger partial charge in [0.05, 0.1) is 11.5 Å². The van der Waals surface area contributed by atoms with Crippen molar-refractivity contribution in [2.24, 2.45) is 5.92 Å². The Balaban J connectivity index is 2.48. The van der Waals surface area contributed by atoms with E-state index in [2.05, 4.69) is 5.32 Å². The van der Waals surface area contributed by atoms with Crippen LogP contribution in [0, 0.1) is 5.92 Å². The molecule has 19 heavy (non-hydrogen) atoms. The van der Waals surface area contributed by atoms with Crippen molar-refractivity contribution >= 4 is 23.5 Å². The highest BCUT2D eigenvalue weighted by molar-refractivity contribution is 5.92. The van der Waals surface area contributed by atoms with Crippen molar-refractivity contribution in [2.75, 3.05) is 5.32 Å². The molecule has 102 valence electrons. The second kappa shape index (κ2) is 6.53. The third-order valence-electron chi connectivity index (χ3n) is 2.64. The van der Waals surface area contributed by atoms with Gasteiger partial charge in [-0.15, -0.1) is 0 Å². The largest absolute Gasteiger partial charge is 0.481 e. The Hall–Kier alpha value is -2.37. The molecule has 1 amide bonds. The Morgan fingerprint density at radius 2 is 1.74 bits per heavy atom. The Kier molecular flexibility index (Phi) is 5.05. The van der Waals surface area contributed by atoms with Crippen LogP contribution in [0.25, 0.3) is 0 Å². The van der Waals surface area contributed by atoms with Gasteiger partial charge in [-0.25, -0.2) is 4.79 Å². The minimum absolute atomic E-state index is 0.105. The summed E-state index contributed by atoms with van der Waals surface area (Å²) in [6.45, 7) is 1.54. The van der Waals surface area contributed by atoms with E-state index in [0.29, 0.717) is 5.69 Å². The second-order valence-corrected chi connectivity index (χ2v) is 4.21. The SMILES string of the molecule is C[C@@H](CCC(=O)Nc1ccc(C(=O)O)cc1)C(=O)O. The topological polar surface area (TPSA) is 104 Å². The third-order valence-corrected chi connectivity index (χ3v) is 2.64. The van der Waals surface area contributed by atoms with Crippen molar-refractivity contribution in [2.45, 2.75) is 19.8 Å². The summed E-state index contributed by atoms with van der Waals surface area (Å²) < 4.78 is 0. The normalized spacial score (nSPS) is 11.6.